The first-order valence-electron chi connectivity index (χ1n) is 9.07. The monoisotopic (exact) mass is 355 g/mol. The molecule has 5 atom stereocenters. The topological polar surface area (TPSA) is 20.3 Å². The van der Waals surface area contributed by atoms with Crippen molar-refractivity contribution in [1.29, 1.82) is 0 Å². The number of hydrogen-bond acceptors (Lipinski definition) is 1. The molecule has 3 rings (SSSR count). The Morgan fingerprint density at radius 2 is 1.57 bits per heavy atom. The van der Waals surface area contributed by atoms with Gasteiger partial charge in [0.1, 0.15) is 0 Å². The third-order valence-electron chi connectivity index (χ3n) is 6.38. The Hall–Kier alpha value is -0.0500. The summed E-state index contributed by atoms with van der Waals surface area (Å²) in [6.45, 7) is 0. The molecule has 3 saturated carbocycles. The molecule has 2 nitrogen and oxygen atoms in total. The molecule has 3 heteroatoms. The van der Waals surface area contributed by atoms with Crippen molar-refractivity contribution >= 4 is 21.8 Å². The van der Waals surface area contributed by atoms with Gasteiger partial charge in [0.15, 0.2) is 0 Å². The van der Waals surface area contributed by atoms with E-state index in [1.54, 1.807) is 0 Å². The average Bonchev–Trinajstić information content (AvgIpc) is 2.53. The predicted molar refractivity (Wildman–Crippen MR) is 90.5 cm³/mol. The van der Waals surface area contributed by atoms with Gasteiger partial charge in [-0.2, -0.15) is 0 Å². The molecule has 3 fully saturated rings. The van der Waals surface area contributed by atoms with Gasteiger partial charge in [-0.05, 0) is 43.9 Å². The average molecular weight is 356 g/mol. The fourth-order valence-electron chi connectivity index (χ4n) is 5.05. The molecular weight excluding hydrogens is 326 g/mol. The van der Waals surface area contributed by atoms with Crippen LogP contribution in [0.3, 0.4) is 0 Å². The van der Waals surface area contributed by atoms with Crippen LogP contribution in [0, 0.1) is 17.8 Å². The number of hydrogen-bond donors (Lipinski definition) is 0. The normalized spacial score (nSPS) is 40.4. The van der Waals surface area contributed by atoms with Crippen LogP contribution in [-0.4, -0.2) is 28.7 Å². The fraction of sp³-hybridized carbons (Fsp3) is 0.944. The summed E-state index contributed by atoms with van der Waals surface area (Å²) in [5.74, 6) is 2.54. The van der Waals surface area contributed by atoms with Crippen molar-refractivity contribution in [2.45, 2.75) is 81.5 Å². The molecule has 0 radical (unpaired) electrons. The molecular formula is C18H30BrNO. The van der Waals surface area contributed by atoms with Crippen LogP contribution in [0.2, 0.25) is 0 Å². The van der Waals surface area contributed by atoms with Gasteiger partial charge in [0.2, 0.25) is 5.91 Å². The first kappa shape index (κ1) is 15.8. The molecule has 0 aromatic carbocycles. The summed E-state index contributed by atoms with van der Waals surface area (Å²) in [6, 6.07) is 0.426. The summed E-state index contributed by atoms with van der Waals surface area (Å²) in [4.78, 5) is 15.5. The minimum atomic E-state index is 0.316. The van der Waals surface area contributed by atoms with Gasteiger partial charge in [0.25, 0.3) is 0 Å². The van der Waals surface area contributed by atoms with Crippen molar-refractivity contribution in [2.75, 3.05) is 7.05 Å². The van der Waals surface area contributed by atoms with Crippen LogP contribution in [0.1, 0.15) is 70.6 Å². The summed E-state index contributed by atoms with van der Waals surface area (Å²) in [6.07, 6.45) is 14.2. The van der Waals surface area contributed by atoms with Crippen molar-refractivity contribution in [1.82, 2.24) is 4.90 Å². The number of carbonyl (C=O) groups is 1. The third kappa shape index (κ3) is 3.48. The second kappa shape index (κ2) is 7.02. The van der Waals surface area contributed by atoms with E-state index in [9.17, 15) is 4.79 Å². The highest BCUT2D eigenvalue weighted by atomic mass is 79.9. The van der Waals surface area contributed by atoms with Crippen molar-refractivity contribution in [3.63, 3.8) is 0 Å². The number of carbonyl (C=O) groups excluding carboxylic acids is 1. The van der Waals surface area contributed by atoms with Crippen molar-refractivity contribution in [2.24, 2.45) is 17.8 Å². The first-order valence-corrected chi connectivity index (χ1v) is 9.99. The molecule has 21 heavy (non-hydrogen) atoms. The molecule has 0 bridgehead atoms. The lowest BCUT2D eigenvalue weighted by atomic mass is 9.67. The van der Waals surface area contributed by atoms with Gasteiger partial charge in [0.05, 0.1) is 0 Å². The molecule has 3 aliphatic carbocycles. The zero-order valence-electron chi connectivity index (χ0n) is 13.4. The lowest BCUT2D eigenvalue weighted by Crippen LogP contribution is -2.47. The Morgan fingerprint density at radius 1 is 0.905 bits per heavy atom. The SMILES string of the molecule is CN(C(=O)C1CCC2CCCCC2C1)C1CCCCC1Br. The van der Waals surface area contributed by atoms with Crippen LogP contribution in [0.15, 0.2) is 0 Å². The molecule has 120 valence electrons. The Morgan fingerprint density at radius 3 is 2.33 bits per heavy atom. The van der Waals surface area contributed by atoms with Crippen molar-refractivity contribution < 1.29 is 4.79 Å². The van der Waals surface area contributed by atoms with E-state index in [0.717, 1.165) is 18.3 Å². The van der Waals surface area contributed by atoms with Crippen LogP contribution in [0.25, 0.3) is 0 Å². The molecule has 0 spiro atoms. The molecule has 0 saturated heterocycles. The maximum atomic E-state index is 12.9. The van der Waals surface area contributed by atoms with E-state index in [1.807, 2.05) is 0 Å². The summed E-state index contributed by atoms with van der Waals surface area (Å²) in [5.41, 5.74) is 0. The van der Waals surface area contributed by atoms with Gasteiger partial charge < -0.3 is 4.90 Å². The van der Waals surface area contributed by atoms with E-state index in [0.29, 0.717) is 22.7 Å². The van der Waals surface area contributed by atoms with Crippen LogP contribution < -0.4 is 0 Å². The molecule has 0 aromatic heterocycles. The van der Waals surface area contributed by atoms with E-state index in [1.165, 1.54) is 64.2 Å². The highest BCUT2D eigenvalue weighted by Crippen LogP contribution is 2.43. The van der Waals surface area contributed by atoms with E-state index in [2.05, 4.69) is 27.9 Å². The van der Waals surface area contributed by atoms with Crippen LogP contribution >= 0.6 is 15.9 Å². The first-order chi connectivity index (χ1) is 10.2. The zero-order chi connectivity index (χ0) is 14.8. The van der Waals surface area contributed by atoms with Gasteiger partial charge in [-0.1, -0.05) is 54.5 Å². The Bertz CT molecular complexity index is 372. The minimum Gasteiger partial charge on any atom is -0.341 e. The number of nitrogens with zero attached hydrogens (tertiary/aromatic N) is 1. The molecule has 1 amide bonds. The van der Waals surface area contributed by atoms with Gasteiger partial charge in [-0.15, -0.1) is 0 Å². The molecule has 0 heterocycles. The second-order valence-electron chi connectivity index (χ2n) is 7.63. The highest BCUT2D eigenvalue weighted by Gasteiger charge is 2.38. The van der Waals surface area contributed by atoms with Crippen molar-refractivity contribution in [3.05, 3.63) is 0 Å². The van der Waals surface area contributed by atoms with E-state index < -0.39 is 0 Å². The summed E-state index contributed by atoms with van der Waals surface area (Å²) >= 11 is 3.81. The van der Waals surface area contributed by atoms with Gasteiger partial charge in [-0.3, -0.25) is 4.79 Å². The van der Waals surface area contributed by atoms with Gasteiger partial charge in [0, 0.05) is 23.8 Å². The fourth-order valence-corrected chi connectivity index (χ4v) is 5.99. The number of alkyl halides is 1. The Kier molecular flexibility index (Phi) is 5.29. The molecule has 0 aromatic rings. The number of halogens is 1. The molecule has 0 aliphatic heterocycles. The number of fused-ring (bicyclic) bond motifs is 1. The Balaban J connectivity index is 1.59. The van der Waals surface area contributed by atoms with E-state index >= 15 is 0 Å². The van der Waals surface area contributed by atoms with Gasteiger partial charge >= 0.3 is 0 Å². The van der Waals surface area contributed by atoms with Gasteiger partial charge in [-0.25, -0.2) is 0 Å². The summed E-state index contributed by atoms with van der Waals surface area (Å²) in [5, 5.41) is 0. The van der Waals surface area contributed by atoms with Crippen LogP contribution in [0.4, 0.5) is 0 Å². The largest absolute Gasteiger partial charge is 0.341 e. The number of amides is 1. The van der Waals surface area contributed by atoms with E-state index in [-0.39, 0.29) is 0 Å². The van der Waals surface area contributed by atoms with Crippen LogP contribution in [-0.2, 0) is 4.79 Å². The molecule has 5 unspecified atom stereocenters. The molecule has 0 N–H and O–H groups in total. The van der Waals surface area contributed by atoms with Crippen molar-refractivity contribution in [3.8, 4) is 0 Å². The lowest BCUT2D eigenvalue weighted by Gasteiger charge is -2.42. The summed E-state index contributed by atoms with van der Waals surface area (Å²) < 4.78 is 0. The third-order valence-corrected chi connectivity index (χ3v) is 7.45. The van der Waals surface area contributed by atoms with E-state index in [4.69, 9.17) is 0 Å². The predicted octanol–water partition coefficient (Wildman–Crippen LogP) is 4.76. The lowest BCUT2D eigenvalue weighted by molar-refractivity contribution is -0.139. The second-order valence-corrected chi connectivity index (χ2v) is 8.81. The maximum Gasteiger partial charge on any atom is 0.225 e. The quantitative estimate of drug-likeness (QED) is 0.654. The standard InChI is InChI=1S/C18H30BrNO/c1-20(17-9-5-4-8-16(17)19)18(21)15-11-10-13-6-2-3-7-14(13)12-15/h13-17H,2-12H2,1H3. The van der Waals surface area contributed by atoms with Crippen LogP contribution in [0.5, 0.6) is 0 Å². The number of rotatable bonds is 2. The molecule has 3 aliphatic rings. The highest BCUT2D eigenvalue weighted by molar-refractivity contribution is 9.09. The zero-order valence-corrected chi connectivity index (χ0v) is 15.0. The smallest absolute Gasteiger partial charge is 0.225 e. The Labute approximate surface area is 138 Å². The summed E-state index contributed by atoms with van der Waals surface area (Å²) in [7, 11) is 2.06. The minimum absolute atomic E-state index is 0.316. The maximum absolute atomic E-state index is 12.9.